The van der Waals surface area contributed by atoms with E-state index in [9.17, 15) is 0 Å². The van der Waals surface area contributed by atoms with Crippen molar-refractivity contribution in [2.45, 2.75) is 32.1 Å². The molecule has 0 saturated heterocycles. The molecule has 2 N–H and O–H groups in total. The van der Waals surface area contributed by atoms with Crippen LogP contribution < -0.4 is 5.73 Å². The summed E-state index contributed by atoms with van der Waals surface area (Å²) >= 11 is 1.86. The minimum absolute atomic E-state index is 0.589. The Morgan fingerprint density at radius 2 is 2.18 bits per heavy atom. The first-order chi connectivity index (χ1) is 8.16. The van der Waals surface area contributed by atoms with E-state index < -0.39 is 0 Å². The summed E-state index contributed by atoms with van der Waals surface area (Å²) in [4.78, 5) is 12.3. The van der Waals surface area contributed by atoms with Crippen LogP contribution in [0.4, 0.5) is 0 Å². The smallest absolute Gasteiger partial charge is 0.190 e. The highest BCUT2D eigenvalue weighted by molar-refractivity contribution is 7.11. The molecule has 0 unspecified atom stereocenters. The Bertz CT molecular complexity index is 385. The molecule has 1 aliphatic rings. The number of thiazole rings is 1. The molecule has 1 aromatic heterocycles. The molecule has 1 aromatic rings. The van der Waals surface area contributed by atoms with Gasteiger partial charge in [-0.25, -0.2) is 4.98 Å². The Morgan fingerprint density at radius 1 is 1.41 bits per heavy atom. The second kappa shape index (κ2) is 5.49. The largest absolute Gasteiger partial charge is 0.370 e. The van der Waals surface area contributed by atoms with Crippen molar-refractivity contribution >= 4 is 17.3 Å². The molecule has 4 nitrogen and oxygen atoms in total. The van der Waals surface area contributed by atoms with E-state index in [-0.39, 0.29) is 0 Å². The van der Waals surface area contributed by atoms with Crippen molar-refractivity contribution in [2.24, 2.45) is 10.7 Å². The van der Waals surface area contributed by atoms with Gasteiger partial charge in [-0.05, 0) is 25.7 Å². The van der Waals surface area contributed by atoms with Crippen LogP contribution in [0.15, 0.2) is 4.99 Å². The molecule has 0 spiro atoms. The van der Waals surface area contributed by atoms with Gasteiger partial charge in [0.2, 0.25) is 0 Å². The van der Waals surface area contributed by atoms with Gasteiger partial charge in [-0.2, -0.15) is 0 Å². The van der Waals surface area contributed by atoms with Crippen LogP contribution in [0, 0.1) is 0 Å². The van der Waals surface area contributed by atoms with Gasteiger partial charge >= 0.3 is 0 Å². The molecule has 0 amide bonds. The number of nitrogens with zero attached hydrogens (tertiary/aromatic N) is 3. The zero-order chi connectivity index (χ0) is 12.3. The Morgan fingerprint density at radius 3 is 2.88 bits per heavy atom. The van der Waals surface area contributed by atoms with Crippen LogP contribution in [0.3, 0.4) is 0 Å². The van der Waals surface area contributed by atoms with E-state index >= 15 is 0 Å². The van der Waals surface area contributed by atoms with Crippen LogP contribution in [0.25, 0.3) is 0 Å². The van der Waals surface area contributed by atoms with Crippen molar-refractivity contribution in [3.05, 3.63) is 15.6 Å². The van der Waals surface area contributed by atoms with Gasteiger partial charge in [0.1, 0.15) is 0 Å². The molecule has 0 saturated carbocycles. The summed E-state index contributed by atoms with van der Waals surface area (Å²) in [5.74, 6) is 0.589. The van der Waals surface area contributed by atoms with Gasteiger partial charge in [0.15, 0.2) is 5.96 Å². The van der Waals surface area contributed by atoms with E-state index in [0.717, 1.165) is 19.4 Å². The number of aliphatic imine (C=N–C) groups is 1. The highest BCUT2D eigenvalue weighted by atomic mass is 32.1. The Balaban J connectivity index is 1.91. The number of nitrogens with two attached hydrogens (primary N) is 1. The number of guanidine groups is 1. The molecular weight excluding hydrogens is 232 g/mol. The van der Waals surface area contributed by atoms with E-state index in [4.69, 9.17) is 5.73 Å². The molecule has 17 heavy (non-hydrogen) atoms. The van der Waals surface area contributed by atoms with Crippen molar-refractivity contribution in [3.8, 4) is 0 Å². The zero-order valence-electron chi connectivity index (χ0n) is 10.6. The van der Waals surface area contributed by atoms with Gasteiger partial charge < -0.3 is 10.6 Å². The topological polar surface area (TPSA) is 54.5 Å². The fraction of sp³-hybridized carbons (Fsp3) is 0.667. The quantitative estimate of drug-likeness (QED) is 0.654. The van der Waals surface area contributed by atoms with Crippen molar-refractivity contribution in [1.29, 1.82) is 0 Å². The Hall–Kier alpha value is -1.10. The predicted molar refractivity (Wildman–Crippen MR) is 72.6 cm³/mol. The maximum Gasteiger partial charge on any atom is 0.190 e. The number of hydrogen-bond donors (Lipinski definition) is 1. The molecule has 5 heteroatoms. The first-order valence-corrected chi connectivity index (χ1v) is 6.93. The van der Waals surface area contributed by atoms with Crippen LogP contribution in [0.5, 0.6) is 0 Å². The van der Waals surface area contributed by atoms with Crippen LogP contribution in [-0.4, -0.2) is 36.5 Å². The van der Waals surface area contributed by atoms with Crippen LogP contribution in [0.1, 0.15) is 28.4 Å². The predicted octanol–water partition coefficient (Wildman–Crippen LogP) is 1.44. The van der Waals surface area contributed by atoms with Crippen molar-refractivity contribution in [3.63, 3.8) is 0 Å². The molecule has 0 fully saturated rings. The van der Waals surface area contributed by atoms with Crippen LogP contribution in [-0.2, 0) is 19.3 Å². The minimum atomic E-state index is 0.589. The number of fused-ring (bicyclic) bond motifs is 1. The third kappa shape index (κ3) is 3.19. The average Bonchev–Trinajstić information content (AvgIpc) is 2.71. The highest BCUT2D eigenvalue weighted by Crippen LogP contribution is 2.26. The second-order valence-corrected chi connectivity index (χ2v) is 5.74. The normalized spacial score (nSPS) is 15.8. The lowest BCUT2D eigenvalue weighted by atomic mass is 10.0. The van der Waals surface area contributed by atoms with Gasteiger partial charge in [-0.1, -0.05) is 0 Å². The molecular formula is C12H20N4S. The van der Waals surface area contributed by atoms with E-state index in [1.807, 2.05) is 30.3 Å². The molecule has 2 rings (SSSR count). The molecule has 0 radical (unpaired) electrons. The van der Waals surface area contributed by atoms with E-state index in [2.05, 4.69) is 9.98 Å². The first-order valence-electron chi connectivity index (χ1n) is 6.11. The lowest BCUT2D eigenvalue weighted by Gasteiger charge is -2.09. The summed E-state index contributed by atoms with van der Waals surface area (Å²) in [6, 6.07) is 0. The zero-order valence-corrected chi connectivity index (χ0v) is 11.4. The maximum atomic E-state index is 5.74. The highest BCUT2D eigenvalue weighted by Gasteiger charge is 2.14. The average molecular weight is 252 g/mol. The summed E-state index contributed by atoms with van der Waals surface area (Å²) < 4.78 is 0. The first kappa shape index (κ1) is 12.4. The summed E-state index contributed by atoms with van der Waals surface area (Å²) in [6.07, 6.45) is 5.90. The Labute approximate surface area is 107 Å². The SMILES string of the molecule is CN(C)C(N)=NCCc1nc2c(s1)CCCC2. The molecule has 0 aromatic carbocycles. The monoisotopic (exact) mass is 252 g/mol. The number of rotatable bonds is 3. The number of aromatic nitrogens is 1. The summed E-state index contributed by atoms with van der Waals surface area (Å²) in [6.45, 7) is 0.733. The van der Waals surface area contributed by atoms with Gasteiger partial charge in [-0.3, -0.25) is 4.99 Å². The van der Waals surface area contributed by atoms with E-state index in [1.54, 1.807) is 0 Å². The van der Waals surface area contributed by atoms with Crippen LogP contribution >= 0.6 is 11.3 Å². The standard InChI is InChI=1S/C12H20N4S/c1-16(2)12(13)14-8-7-11-15-9-5-3-4-6-10(9)17-11/h3-8H2,1-2H3,(H2,13,14). The third-order valence-electron chi connectivity index (χ3n) is 2.95. The molecule has 94 valence electrons. The fourth-order valence-electron chi connectivity index (χ4n) is 1.92. The van der Waals surface area contributed by atoms with Crippen molar-refractivity contribution in [1.82, 2.24) is 9.88 Å². The summed E-state index contributed by atoms with van der Waals surface area (Å²) in [5.41, 5.74) is 7.07. The molecule has 0 bridgehead atoms. The van der Waals surface area contributed by atoms with Gasteiger partial charge in [0, 0.05) is 31.9 Å². The minimum Gasteiger partial charge on any atom is -0.370 e. The lowest BCUT2D eigenvalue weighted by Crippen LogP contribution is -2.30. The molecule has 1 heterocycles. The van der Waals surface area contributed by atoms with Gasteiger partial charge in [0.25, 0.3) is 0 Å². The molecule has 0 aliphatic heterocycles. The van der Waals surface area contributed by atoms with Crippen molar-refractivity contribution in [2.75, 3.05) is 20.6 Å². The van der Waals surface area contributed by atoms with Crippen molar-refractivity contribution < 1.29 is 0 Å². The van der Waals surface area contributed by atoms with Crippen LogP contribution in [0.2, 0.25) is 0 Å². The van der Waals surface area contributed by atoms with E-state index in [1.165, 1.54) is 34.8 Å². The second-order valence-electron chi connectivity index (χ2n) is 4.57. The molecule has 1 aliphatic carbocycles. The van der Waals surface area contributed by atoms with E-state index in [0.29, 0.717) is 5.96 Å². The summed E-state index contributed by atoms with van der Waals surface area (Å²) in [5, 5.41) is 1.22. The lowest BCUT2D eigenvalue weighted by molar-refractivity contribution is 0.609. The fourth-order valence-corrected chi connectivity index (χ4v) is 3.07. The third-order valence-corrected chi connectivity index (χ3v) is 4.16. The Kier molecular flexibility index (Phi) is 3.99. The van der Waals surface area contributed by atoms with Gasteiger partial charge in [0.05, 0.1) is 10.7 Å². The number of hydrogen-bond acceptors (Lipinski definition) is 3. The molecule has 0 atom stereocenters. The summed E-state index contributed by atoms with van der Waals surface area (Å²) in [7, 11) is 3.81. The maximum absolute atomic E-state index is 5.74. The number of aryl methyl sites for hydroxylation is 2. The van der Waals surface area contributed by atoms with Gasteiger partial charge in [-0.15, -0.1) is 11.3 Å².